The van der Waals surface area contributed by atoms with Crippen LogP contribution < -0.4 is 10.1 Å². The van der Waals surface area contributed by atoms with Crippen LogP contribution in [-0.4, -0.2) is 38.8 Å². The molecule has 0 aliphatic carbocycles. The van der Waals surface area contributed by atoms with Gasteiger partial charge in [0, 0.05) is 17.8 Å². The van der Waals surface area contributed by atoms with Gasteiger partial charge in [0.1, 0.15) is 10.6 Å². The number of carbonyl (C=O) groups excluding carboxylic acids is 1. The second-order valence-electron chi connectivity index (χ2n) is 5.65. The minimum Gasteiger partial charge on any atom is -0.492 e. The lowest BCUT2D eigenvalue weighted by Crippen LogP contribution is -2.35. The van der Waals surface area contributed by atoms with E-state index in [0.717, 1.165) is 9.87 Å². The summed E-state index contributed by atoms with van der Waals surface area (Å²) < 4.78 is 32.0. The van der Waals surface area contributed by atoms with Crippen LogP contribution >= 0.6 is 11.6 Å². The Morgan fingerprint density at radius 2 is 1.92 bits per heavy atom. The minimum absolute atomic E-state index is 0.0713. The number of amides is 1. The second-order valence-corrected chi connectivity index (χ2v) is 8.10. The number of likely N-dealkylation sites (N-methyl/N-ethyl adjacent to an activating group) is 1. The van der Waals surface area contributed by atoms with Crippen molar-refractivity contribution in [1.82, 2.24) is 4.31 Å². The molecule has 2 aromatic rings. The zero-order chi connectivity index (χ0) is 19.3. The van der Waals surface area contributed by atoms with Crippen LogP contribution in [0.15, 0.2) is 47.4 Å². The Bertz CT molecular complexity index is 900. The number of halogens is 1. The number of carbonyl (C=O) groups is 1. The number of aryl methyl sites for hydroxylation is 1. The van der Waals surface area contributed by atoms with Crippen molar-refractivity contribution in [3.05, 3.63) is 53.1 Å². The Hall–Kier alpha value is -2.09. The van der Waals surface area contributed by atoms with Crippen LogP contribution in [0.3, 0.4) is 0 Å². The fourth-order valence-electron chi connectivity index (χ4n) is 2.32. The molecule has 2 aromatic carbocycles. The van der Waals surface area contributed by atoms with Gasteiger partial charge in [0.15, 0.2) is 0 Å². The fraction of sp³-hybridized carbons (Fsp3) is 0.278. The van der Waals surface area contributed by atoms with Gasteiger partial charge in [-0.25, -0.2) is 8.42 Å². The first-order valence-electron chi connectivity index (χ1n) is 8.00. The van der Waals surface area contributed by atoms with Crippen LogP contribution in [0.1, 0.15) is 12.5 Å². The third-order valence-corrected chi connectivity index (χ3v) is 5.74. The van der Waals surface area contributed by atoms with Gasteiger partial charge in [0.2, 0.25) is 15.9 Å². The molecule has 0 atom stereocenters. The number of rotatable bonds is 7. The lowest BCUT2D eigenvalue weighted by Gasteiger charge is -2.19. The Morgan fingerprint density at radius 3 is 2.58 bits per heavy atom. The molecule has 0 heterocycles. The van der Waals surface area contributed by atoms with Gasteiger partial charge in [-0.05, 0) is 43.7 Å². The Kier molecular flexibility index (Phi) is 6.63. The van der Waals surface area contributed by atoms with E-state index in [1.54, 1.807) is 25.1 Å². The van der Waals surface area contributed by atoms with Gasteiger partial charge in [-0.2, -0.15) is 4.31 Å². The van der Waals surface area contributed by atoms with E-state index in [2.05, 4.69) is 5.32 Å². The number of benzene rings is 2. The number of nitrogens with zero attached hydrogens (tertiary/aromatic N) is 1. The van der Waals surface area contributed by atoms with Gasteiger partial charge in [-0.15, -0.1) is 0 Å². The summed E-state index contributed by atoms with van der Waals surface area (Å²) in [5.41, 5.74) is 1.53. The highest BCUT2D eigenvalue weighted by Crippen LogP contribution is 2.29. The molecule has 0 radical (unpaired) electrons. The van der Waals surface area contributed by atoms with Crippen molar-refractivity contribution in [2.45, 2.75) is 18.7 Å². The van der Waals surface area contributed by atoms with Crippen LogP contribution in [-0.2, 0) is 14.8 Å². The first-order valence-corrected chi connectivity index (χ1v) is 9.81. The summed E-state index contributed by atoms with van der Waals surface area (Å²) in [6.07, 6.45) is 0. The molecule has 1 amide bonds. The van der Waals surface area contributed by atoms with Crippen molar-refractivity contribution in [2.24, 2.45) is 0 Å². The quantitative estimate of drug-likeness (QED) is 0.779. The molecule has 0 unspecified atom stereocenters. The number of hydrogen-bond acceptors (Lipinski definition) is 4. The molecule has 0 saturated heterocycles. The normalized spacial score (nSPS) is 11.4. The monoisotopic (exact) mass is 396 g/mol. The third kappa shape index (κ3) is 4.75. The van der Waals surface area contributed by atoms with Gasteiger partial charge in [0.25, 0.3) is 0 Å². The van der Waals surface area contributed by atoms with E-state index in [4.69, 9.17) is 16.3 Å². The summed E-state index contributed by atoms with van der Waals surface area (Å²) in [6, 6.07) is 11.6. The molecule has 1 N–H and O–H groups in total. The van der Waals surface area contributed by atoms with Crippen molar-refractivity contribution >= 4 is 33.2 Å². The second kappa shape index (κ2) is 8.53. The maximum absolute atomic E-state index is 12.8. The molecule has 0 saturated carbocycles. The van der Waals surface area contributed by atoms with Crippen molar-refractivity contribution < 1.29 is 17.9 Å². The molecule has 2 rings (SSSR count). The molecule has 0 fully saturated rings. The summed E-state index contributed by atoms with van der Waals surface area (Å²) in [5.74, 6) is -0.242. The summed E-state index contributed by atoms with van der Waals surface area (Å²) >= 11 is 5.94. The lowest BCUT2D eigenvalue weighted by molar-refractivity contribution is -0.116. The average Bonchev–Trinajstić information content (AvgIpc) is 2.58. The first-order chi connectivity index (χ1) is 12.3. The number of sulfonamides is 1. The molecule has 8 heteroatoms. The van der Waals surface area contributed by atoms with Crippen LogP contribution in [0.25, 0.3) is 0 Å². The minimum atomic E-state index is -3.95. The lowest BCUT2D eigenvalue weighted by atomic mass is 10.2. The van der Waals surface area contributed by atoms with Gasteiger partial charge in [-0.3, -0.25) is 4.79 Å². The molecule has 0 bridgehead atoms. The maximum Gasteiger partial charge on any atom is 0.247 e. The van der Waals surface area contributed by atoms with E-state index in [1.807, 2.05) is 19.1 Å². The standard InChI is InChI=1S/C18H21ClN2O4S/c1-4-25-16-10-9-14(19)11-17(16)26(23,24)21(3)12-18(22)20-15-8-6-5-7-13(15)2/h5-11H,4,12H2,1-3H3,(H,20,22). The van der Waals surface area contributed by atoms with Crippen LogP contribution in [0.5, 0.6) is 5.75 Å². The van der Waals surface area contributed by atoms with Crippen molar-refractivity contribution in [3.63, 3.8) is 0 Å². The summed E-state index contributed by atoms with van der Waals surface area (Å²) in [5, 5.41) is 2.98. The van der Waals surface area contributed by atoms with Crippen LogP contribution in [0, 0.1) is 6.92 Å². The van der Waals surface area contributed by atoms with Crippen molar-refractivity contribution in [3.8, 4) is 5.75 Å². The summed E-state index contributed by atoms with van der Waals surface area (Å²) in [7, 11) is -2.61. The summed E-state index contributed by atoms with van der Waals surface area (Å²) in [6.45, 7) is 3.58. The number of anilines is 1. The Labute approximate surface area is 158 Å². The summed E-state index contributed by atoms with van der Waals surface area (Å²) in [4.78, 5) is 12.2. The fourth-order valence-corrected chi connectivity index (χ4v) is 3.83. The van der Waals surface area contributed by atoms with Gasteiger partial charge in [-0.1, -0.05) is 29.8 Å². The number of ether oxygens (including phenoxy) is 1. The Morgan fingerprint density at radius 1 is 1.23 bits per heavy atom. The number of hydrogen-bond donors (Lipinski definition) is 1. The molecular formula is C18H21ClN2O4S. The van der Waals surface area contributed by atoms with E-state index in [1.165, 1.54) is 19.2 Å². The topological polar surface area (TPSA) is 75.7 Å². The third-order valence-electron chi connectivity index (χ3n) is 3.68. The highest BCUT2D eigenvalue weighted by atomic mass is 35.5. The average molecular weight is 397 g/mol. The molecular weight excluding hydrogens is 376 g/mol. The van der Waals surface area contributed by atoms with E-state index >= 15 is 0 Å². The molecule has 0 aliphatic rings. The molecule has 0 aromatic heterocycles. The van der Waals surface area contributed by atoms with Gasteiger partial charge < -0.3 is 10.1 Å². The van der Waals surface area contributed by atoms with E-state index in [0.29, 0.717) is 12.3 Å². The van der Waals surface area contributed by atoms with Crippen LogP contribution in [0.4, 0.5) is 5.69 Å². The molecule has 6 nitrogen and oxygen atoms in total. The first kappa shape index (κ1) is 20.2. The van der Waals surface area contributed by atoms with E-state index in [9.17, 15) is 13.2 Å². The zero-order valence-electron chi connectivity index (χ0n) is 14.8. The van der Waals surface area contributed by atoms with Crippen LogP contribution in [0.2, 0.25) is 5.02 Å². The Balaban J connectivity index is 2.20. The van der Waals surface area contributed by atoms with Gasteiger partial charge in [0.05, 0.1) is 13.2 Å². The smallest absolute Gasteiger partial charge is 0.247 e. The van der Waals surface area contributed by atoms with E-state index in [-0.39, 0.29) is 22.2 Å². The van der Waals surface area contributed by atoms with Crippen molar-refractivity contribution in [2.75, 3.05) is 25.5 Å². The molecule has 26 heavy (non-hydrogen) atoms. The number of para-hydroxylation sites is 1. The largest absolute Gasteiger partial charge is 0.492 e. The predicted octanol–water partition coefficient (Wildman–Crippen LogP) is 3.31. The van der Waals surface area contributed by atoms with E-state index < -0.39 is 15.9 Å². The molecule has 140 valence electrons. The molecule has 0 spiro atoms. The maximum atomic E-state index is 12.8. The highest BCUT2D eigenvalue weighted by Gasteiger charge is 2.27. The zero-order valence-corrected chi connectivity index (χ0v) is 16.4. The molecule has 0 aliphatic heterocycles. The SMILES string of the molecule is CCOc1ccc(Cl)cc1S(=O)(=O)N(C)CC(=O)Nc1ccccc1C. The van der Waals surface area contributed by atoms with Crippen molar-refractivity contribution in [1.29, 1.82) is 0 Å². The predicted molar refractivity (Wildman–Crippen MR) is 102 cm³/mol. The van der Waals surface area contributed by atoms with Gasteiger partial charge >= 0.3 is 0 Å². The highest BCUT2D eigenvalue weighted by molar-refractivity contribution is 7.89. The number of nitrogens with one attached hydrogen (secondary N) is 1.